The zero-order valence-corrected chi connectivity index (χ0v) is 68.5. The van der Waals surface area contributed by atoms with E-state index in [2.05, 4.69) is 133 Å². The molecule has 4 atom stereocenters. The minimum Gasteiger partial charge on any atom is -0.360 e. The lowest BCUT2D eigenvalue weighted by atomic mass is 9.91. The van der Waals surface area contributed by atoms with Gasteiger partial charge >= 0.3 is 0 Å². The van der Waals surface area contributed by atoms with Crippen molar-refractivity contribution in [3.63, 3.8) is 0 Å². The zero-order chi connectivity index (χ0) is 83.7. The van der Waals surface area contributed by atoms with E-state index < -0.39 is 0 Å². The first-order valence-corrected chi connectivity index (χ1v) is 40.3. The number of rotatable bonds is 17. The molecule has 628 valence electrons. The molecule has 7 aromatic carbocycles. The standard InChI is InChI=1S/C25H24N6O.C24H22N6O.C22H17ClN6O.C21H22N6O.3CH4/c1-4-19(30-24-22-23(27-13-26-22)28-14-29-24)20-12-17-7-5-6-16(3)21(17)25(32)31(20)18-10-8-15(2)9-11-18;1-14-6-4-9-18(10-14)30-19(11-17-8-5-7-15(2)20(17)24(30)31)16(3)29-23-21-22(26-12-25-21)27-13-28-23;1-13(28-21-19-20(25-11-24-19)26-12-27-21)17-10-14-6-5-9-16(23)18(14)22(30)29(17)15-7-3-2-4-8-15;1-12-5-3-6-14-9-16(27(15-7-4-8-15)21(28)17(12)14)13(2)26-20-18-19(23-10-22-18)24-11-25-20;;;/h5-14,19H,4H2,1-3H3,(H2,26,27,28,29,30);4-13,16H,1-3H3,(H2,25,26,27,28,29);2-13H,1H3,(H2,24,25,26,27,28);3,5-6,9-11,13,15H,4,7-8H2,1-2H3,(H2,22,23,24,25,26);3*1H4. The van der Waals surface area contributed by atoms with Gasteiger partial charge in [-0.3, -0.25) is 32.9 Å². The van der Waals surface area contributed by atoms with E-state index in [4.69, 9.17) is 11.6 Å². The molecular formula is C95H97ClN24O4. The van der Waals surface area contributed by atoms with Crippen LogP contribution in [0.2, 0.25) is 5.02 Å². The van der Waals surface area contributed by atoms with Crippen LogP contribution in [-0.4, -0.2) is 98.0 Å². The van der Waals surface area contributed by atoms with Gasteiger partial charge in [0.15, 0.2) is 45.9 Å². The van der Waals surface area contributed by atoms with Gasteiger partial charge in [-0.2, -0.15) is 0 Å². The van der Waals surface area contributed by atoms with Gasteiger partial charge < -0.3 is 45.8 Å². The molecule has 124 heavy (non-hydrogen) atoms. The van der Waals surface area contributed by atoms with Crippen LogP contribution in [0.25, 0.3) is 105 Å². The van der Waals surface area contributed by atoms with Crippen molar-refractivity contribution in [3.05, 3.63) is 324 Å². The van der Waals surface area contributed by atoms with Gasteiger partial charge in [0.1, 0.15) is 47.4 Å². The van der Waals surface area contributed by atoms with Crippen LogP contribution in [0.3, 0.4) is 0 Å². The van der Waals surface area contributed by atoms with Crippen molar-refractivity contribution in [3.8, 4) is 17.1 Å². The molecule has 1 aliphatic rings. The number of nitrogens with zero attached hydrogens (tertiary/aromatic N) is 16. The molecule has 4 unspecified atom stereocenters. The highest BCUT2D eigenvalue weighted by Gasteiger charge is 2.29. The molecule has 19 aromatic rings. The minimum absolute atomic E-state index is 0. The average molecular weight is 1670 g/mol. The van der Waals surface area contributed by atoms with E-state index in [0.29, 0.717) is 61.8 Å². The number of imidazole rings is 4. The third-order valence-corrected chi connectivity index (χ3v) is 22.6. The number of anilines is 4. The maximum absolute atomic E-state index is 13.8. The smallest absolute Gasteiger partial charge is 0.264 e. The number of hydrogen-bond donors (Lipinski definition) is 8. The fraction of sp³-hybridized carbons (Fsp3) is 0.221. The van der Waals surface area contributed by atoms with Crippen molar-refractivity contribution in [2.75, 3.05) is 21.3 Å². The van der Waals surface area contributed by atoms with Crippen molar-refractivity contribution in [2.45, 2.75) is 140 Å². The molecule has 0 radical (unpaired) electrons. The maximum atomic E-state index is 13.8. The first kappa shape index (κ1) is 85.5. The van der Waals surface area contributed by atoms with Gasteiger partial charge in [-0.1, -0.05) is 156 Å². The first-order valence-electron chi connectivity index (χ1n) is 40.0. The van der Waals surface area contributed by atoms with Crippen molar-refractivity contribution >= 4 is 123 Å². The third kappa shape index (κ3) is 16.6. The lowest BCUT2D eigenvalue weighted by molar-refractivity contribution is 0.298. The average Bonchev–Trinajstić information content (AvgIpc) is 0.773. The number of nitrogens with one attached hydrogen (secondary N) is 8. The monoisotopic (exact) mass is 1670 g/mol. The molecule has 8 N–H and O–H groups in total. The number of fused-ring (bicyclic) bond motifs is 8. The fourth-order valence-electron chi connectivity index (χ4n) is 16.0. The number of benzene rings is 7. The van der Waals surface area contributed by atoms with Crippen LogP contribution in [0.4, 0.5) is 23.3 Å². The van der Waals surface area contributed by atoms with E-state index in [1.54, 1.807) is 40.5 Å². The highest BCUT2D eigenvalue weighted by atomic mass is 35.5. The second-order valence-corrected chi connectivity index (χ2v) is 30.7. The summed E-state index contributed by atoms with van der Waals surface area (Å²) in [4.78, 5) is 118. The van der Waals surface area contributed by atoms with Crippen molar-refractivity contribution in [1.82, 2.24) is 98.0 Å². The molecule has 1 saturated carbocycles. The molecule has 29 heteroatoms. The number of hydrogen-bond acceptors (Lipinski definition) is 20. The summed E-state index contributed by atoms with van der Waals surface area (Å²) in [6.45, 7) is 18.2. The van der Waals surface area contributed by atoms with Crippen LogP contribution in [-0.2, 0) is 0 Å². The third-order valence-electron chi connectivity index (χ3n) is 22.3. The summed E-state index contributed by atoms with van der Waals surface area (Å²) < 4.78 is 7.31. The van der Waals surface area contributed by atoms with Gasteiger partial charge in [0.05, 0.1) is 76.0 Å². The second-order valence-electron chi connectivity index (χ2n) is 30.3. The Kier molecular flexibility index (Phi) is 25.2. The summed E-state index contributed by atoms with van der Waals surface area (Å²) in [6, 6.07) is 56.8. The molecule has 0 saturated heterocycles. The van der Waals surface area contributed by atoms with Gasteiger partial charge in [0.25, 0.3) is 22.2 Å². The van der Waals surface area contributed by atoms with Crippen molar-refractivity contribution in [1.29, 1.82) is 0 Å². The molecule has 28 nitrogen and oxygen atoms in total. The van der Waals surface area contributed by atoms with Crippen LogP contribution in [0, 0.1) is 34.6 Å². The molecule has 20 rings (SSSR count). The second kappa shape index (κ2) is 36.6. The Bertz CT molecular complexity index is 7370. The topological polar surface area (TPSA) is 354 Å². The predicted octanol–water partition coefficient (Wildman–Crippen LogP) is 19.6. The van der Waals surface area contributed by atoms with E-state index in [9.17, 15) is 19.2 Å². The Hall–Kier alpha value is -14.9. The van der Waals surface area contributed by atoms with Gasteiger partial charge in [-0.25, -0.2) is 59.8 Å². The van der Waals surface area contributed by atoms with Crippen LogP contribution >= 0.6 is 11.6 Å². The molecule has 0 spiro atoms. The number of para-hydroxylation sites is 1. The number of aryl methyl sites for hydroxylation is 5. The number of pyridine rings is 4. The van der Waals surface area contributed by atoms with Crippen LogP contribution in [0.15, 0.2) is 246 Å². The Balaban J connectivity index is 0.000000134. The maximum Gasteiger partial charge on any atom is 0.264 e. The lowest BCUT2D eigenvalue weighted by Gasteiger charge is -2.32. The van der Waals surface area contributed by atoms with Crippen LogP contribution < -0.4 is 43.5 Å². The number of aromatic nitrogens is 20. The van der Waals surface area contributed by atoms with Crippen molar-refractivity contribution < 1.29 is 0 Å². The molecule has 1 aliphatic carbocycles. The van der Waals surface area contributed by atoms with Crippen LogP contribution in [0.5, 0.6) is 0 Å². The molecule has 0 aliphatic heterocycles. The highest BCUT2D eigenvalue weighted by molar-refractivity contribution is 6.35. The number of halogens is 1. The Morgan fingerprint density at radius 3 is 1.17 bits per heavy atom. The molecule has 12 heterocycles. The van der Waals surface area contributed by atoms with E-state index in [1.165, 1.54) is 31.7 Å². The van der Waals surface area contributed by atoms with E-state index in [-0.39, 0.29) is 74.7 Å². The van der Waals surface area contributed by atoms with E-state index in [0.717, 1.165) is 141 Å². The Labute approximate surface area is 718 Å². The van der Waals surface area contributed by atoms with Gasteiger partial charge in [-0.05, 0) is 192 Å². The number of aromatic amines is 4. The molecule has 0 amide bonds. The van der Waals surface area contributed by atoms with Crippen LogP contribution in [0.1, 0.15) is 156 Å². The van der Waals surface area contributed by atoms with E-state index >= 15 is 0 Å². The Morgan fingerprint density at radius 1 is 0.371 bits per heavy atom. The normalized spacial score (nSPS) is 12.8. The Morgan fingerprint density at radius 2 is 0.734 bits per heavy atom. The predicted molar refractivity (Wildman–Crippen MR) is 498 cm³/mol. The van der Waals surface area contributed by atoms with Crippen molar-refractivity contribution in [2.24, 2.45) is 0 Å². The SMILES string of the molecule is C.C.C.CC(Nc1ncnc2nc[nH]c12)c1cc2cccc(Cl)c2c(=O)n1-c1ccccc1.CCC(Nc1ncnc2nc[nH]c12)c1cc2cccc(C)c2c(=O)n1-c1ccc(C)cc1.Cc1cccc(-n2c(C(C)Nc3ncnc4nc[nH]c34)cc3cccc(C)c3c2=O)c1.Cc1cccc2cc(C(C)Nc3ncnc4nc[nH]c34)n(C3CCC3)c(=O)c12. The quantitative estimate of drug-likeness (QED) is 0.0420. The first-order chi connectivity index (χ1) is 58.8. The van der Waals surface area contributed by atoms with E-state index in [1.807, 2.05) is 209 Å². The zero-order valence-electron chi connectivity index (χ0n) is 67.7. The minimum atomic E-state index is -0.248. The summed E-state index contributed by atoms with van der Waals surface area (Å²) in [7, 11) is 0. The lowest BCUT2D eigenvalue weighted by Crippen LogP contribution is -2.33. The highest BCUT2D eigenvalue weighted by Crippen LogP contribution is 2.37. The molecule has 1 fully saturated rings. The summed E-state index contributed by atoms with van der Waals surface area (Å²) in [5.41, 5.74) is 16.4. The summed E-state index contributed by atoms with van der Waals surface area (Å²) in [6.07, 6.45) is 16.3. The summed E-state index contributed by atoms with van der Waals surface area (Å²) >= 11 is 6.38. The molecular weight excluding hydrogens is 1580 g/mol. The largest absolute Gasteiger partial charge is 0.360 e. The fourth-order valence-corrected chi connectivity index (χ4v) is 16.3. The molecule has 0 bridgehead atoms. The summed E-state index contributed by atoms with van der Waals surface area (Å²) in [5.74, 6) is 2.60. The van der Waals surface area contributed by atoms with Gasteiger partial charge in [0, 0.05) is 45.9 Å². The number of H-pyrrole nitrogens is 4. The van der Waals surface area contributed by atoms with Gasteiger partial charge in [-0.15, -0.1) is 0 Å². The van der Waals surface area contributed by atoms with Gasteiger partial charge in [0.2, 0.25) is 0 Å². The molecule has 12 aromatic heterocycles. The summed E-state index contributed by atoms with van der Waals surface area (Å²) in [5, 5.41) is 20.7.